The van der Waals surface area contributed by atoms with Crippen LogP contribution in [-0.2, 0) is 0 Å². The van der Waals surface area contributed by atoms with E-state index in [4.69, 9.17) is 17.3 Å². The van der Waals surface area contributed by atoms with E-state index in [1.165, 1.54) is 0 Å². The number of rotatable bonds is 0. The number of aromatic nitrogens is 2. The van der Waals surface area contributed by atoms with Gasteiger partial charge in [0.25, 0.3) is 5.95 Å². The molecule has 0 amide bonds. The Morgan fingerprint density at radius 3 is 2.40 bits per heavy atom. The van der Waals surface area contributed by atoms with Crippen LogP contribution < -0.4 is 5.73 Å². The van der Waals surface area contributed by atoms with Crippen LogP contribution in [0.2, 0.25) is 5.15 Å². The van der Waals surface area contributed by atoms with Crippen molar-refractivity contribution in [3.8, 4) is 0 Å². The SMILES string of the molecule is [NH]c1nc(F)c(F)c(Cl)n1. The van der Waals surface area contributed by atoms with Crippen molar-refractivity contribution in [2.45, 2.75) is 0 Å². The molecule has 0 atom stereocenters. The molecule has 1 aromatic rings. The highest BCUT2D eigenvalue weighted by molar-refractivity contribution is 6.29. The van der Waals surface area contributed by atoms with Crippen molar-refractivity contribution in [2.24, 2.45) is 0 Å². The molecule has 0 saturated heterocycles. The van der Waals surface area contributed by atoms with Crippen molar-refractivity contribution in [1.82, 2.24) is 15.7 Å². The number of nitrogens with one attached hydrogen (secondary N) is 1. The maximum atomic E-state index is 12.2. The molecule has 53 valence electrons. The van der Waals surface area contributed by atoms with Gasteiger partial charge in [0.05, 0.1) is 0 Å². The van der Waals surface area contributed by atoms with Crippen LogP contribution in [-0.4, -0.2) is 9.97 Å². The van der Waals surface area contributed by atoms with Crippen molar-refractivity contribution in [2.75, 3.05) is 0 Å². The zero-order valence-corrected chi connectivity index (χ0v) is 5.28. The van der Waals surface area contributed by atoms with E-state index in [2.05, 4.69) is 9.97 Å². The van der Waals surface area contributed by atoms with Gasteiger partial charge >= 0.3 is 0 Å². The first-order chi connectivity index (χ1) is 4.61. The minimum absolute atomic E-state index is 0.635. The lowest BCUT2D eigenvalue weighted by Crippen LogP contribution is -1.95. The molecule has 1 aromatic heterocycles. The van der Waals surface area contributed by atoms with Gasteiger partial charge in [-0.1, -0.05) is 11.6 Å². The molecular weight excluding hydrogens is 164 g/mol. The number of hydrogen-bond donors (Lipinski definition) is 0. The first kappa shape index (κ1) is 7.14. The summed E-state index contributed by atoms with van der Waals surface area (Å²) < 4.78 is 24.3. The van der Waals surface area contributed by atoms with Gasteiger partial charge < -0.3 is 0 Å². The van der Waals surface area contributed by atoms with Crippen LogP contribution in [0, 0.1) is 11.8 Å². The molecule has 0 aromatic carbocycles. The maximum Gasteiger partial charge on any atom is 0.255 e. The van der Waals surface area contributed by atoms with Crippen molar-refractivity contribution in [3.63, 3.8) is 0 Å². The van der Waals surface area contributed by atoms with Gasteiger partial charge in [-0.2, -0.15) is 18.7 Å². The third kappa shape index (κ3) is 1.13. The summed E-state index contributed by atoms with van der Waals surface area (Å²) in [6.45, 7) is 0. The van der Waals surface area contributed by atoms with Crippen molar-refractivity contribution in [3.05, 3.63) is 16.9 Å². The lowest BCUT2D eigenvalue weighted by atomic mass is 10.6. The Morgan fingerprint density at radius 2 is 1.90 bits per heavy atom. The highest BCUT2D eigenvalue weighted by Gasteiger charge is 2.10. The van der Waals surface area contributed by atoms with E-state index in [9.17, 15) is 8.78 Å². The Labute approximate surface area is 59.8 Å². The fourth-order valence-electron chi connectivity index (χ4n) is 0.394. The Kier molecular flexibility index (Phi) is 1.67. The lowest BCUT2D eigenvalue weighted by Gasteiger charge is -1.93. The zero-order chi connectivity index (χ0) is 7.72. The van der Waals surface area contributed by atoms with E-state index in [0.29, 0.717) is 0 Å². The van der Waals surface area contributed by atoms with E-state index in [1.807, 2.05) is 0 Å². The van der Waals surface area contributed by atoms with Gasteiger partial charge in [-0.3, -0.25) is 5.73 Å². The van der Waals surface area contributed by atoms with E-state index in [0.717, 1.165) is 0 Å². The quantitative estimate of drug-likeness (QED) is 0.543. The first-order valence-corrected chi connectivity index (χ1v) is 2.59. The third-order valence-corrected chi connectivity index (χ3v) is 1.02. The molecule has 6 heteroatoms. The number of nitrogens with zero attached hydrogens (tertiary/aromatic N) is 2. The molecule has 0 fully saturated rings. The highest BCUT2D eigenvalue weighted by Crippen LogP contribution is 2.13. The summed E-state index contributed by atoms with van der Waals surface area (Å²) in [6.07, 6.45) is 0. The summed E-state index contributed by atoms with van der Waals surface area (Å²) in [7, 11) is 0. The van der Waals surface area contributed by atoms with Gasteiger partial charge in [0.15, 0.2) is 5.15 Å². The Morgan fingerprint density at radius 1 is 1.30 bits per heavy atom. The van der Waals surface area contributed by atoms with Crippen LogP contribution in [0.15, 0.2) is 0 Å². The topological polar surface area (TPSA) is 49.6 Å². The molecule has 0 unspecified atom stereocenters. The van der Waals surface area contributed by atoms with Crippen LogP contribution in [0.4, 0.5) is 14.7 Å². The van der Waals surface area contributed by atoms with Crippen LogP contribution >= 0.6 is 11.6 Å². The molecule has 1 heterocycles. The number of hydrogen-bond acceptors (Lipinski definition) is 2. The minimum Gasteiger partial charge on any atom is -0.265 e. The predicted octanol–water partition coefficient (Wildman–Crippen LogP) is 1.32. The zero-order valence-electron chi connectivity index (χ0n) is 4.53. The fourth-order valence-corrected chi connectivity index (χ4v) is 0.552. The van der Waals surface area contributed by atoms with Crippen LogP contribution in [0.1, 0.15) is 0 Å². The van der Waals surface area contributed by atoms with Gasteiger partial charge in [0.1, 0.15) is 0 Å². The summed E-state index contributed by atoms with van der Waals surface area (Å²) in [5.74, 6) is -3.36. The lowest BCUT2D eigenvalue weighted by molar-refractivity contribution is 0.474. The second kappa shape index (κ2) is 2.34. The largest absolute Gasteiger partial charge is 0.265 e. The predicted molar refractivity (Wildman–Crippen MR) is 29.7 cm³/mol. The van der Waals surface area contributed by atoms with Crippen LogP contribution in [0.5, 0.6) is 0 Å². The van der Waals surface area contributed by atoms with Gasteiger partial charge in [-0.15, -0.1) is 0 Å². The van der Waals surface area contributed by atoms with E-state index in [1.54, 1.807) is 0 Å². The molecule has 0 saturated carbocycles. The minimum atomic E-state index is -1.40. The Hall–Kier alpha value is -0.970. The summed E-state index contributed by atoms with van der Waals surface area (Å²) in [6, 6.07) is 0. The van der Waals surface area contributed by atoms with Crippen LogP contribution in [0.25, 0.3) is 0 Å². The summed E-state index contributed by atoms with van der Waals surface area (Å²) in [5.41, 5.74) is 6.66. The Bertz CT molecular complexity index is 242. The smallest absolute Gasteiger partial charge is 0.255 e. The molecule has 0 bridgehead atoms. The maximum absolute atomic E-state index is 12.2. The van der Waals surface area contributed by atoms with E-state index in [-0.39, 0.29) is 0 Å². The molecule has 0 aliphatic carbocycles. The first-order valence-electron chi connectivity index (χ1n) is 2.21. The van der Waals surface area contributed by atoms with Crippen molar-refractivity contribution >= 4 is 17.5 Å². The molecular formula is C4HClF2N3. The third-order valence-electron chi connectivity index (χ3n) is 0.770. The molecule has 1 rings (SSSR count). The number of halogens is 3. The second-order valence-corrected chi connectivity index (χ2v) is 1.80. The van der Waals surface area contributed by atoms with Gasteiger partial charge in [0, 0.05) is 0 Å². The monoisotopic (exact) mass is 164 g/mol. The van der Waals surface area contributed by atoms with Gasteiger partial charge in [-0.25, -0.2) is 0 Å². The second-order valence-electron chi connectivity index (χ2n) is 1.44. The average Bonchev–Trinajstić information content (AvgIpc) is 1.82. The summed E-state index contributed by atoms with van der Waals surface area (Å²) >= 11 is 5.03. The molecule has 1 N–H and O–H groups in total. The molecule has 0 spiro atoms. The van der Waals surface area contributed by atoms with Gasteiger partial charge in [-0.05, 0) is 0 Å². The average molecular weight is 165 g/mol. The van der Waals surface area contributed by atoms with E-state index < -0.39 is 22.9 Å². The highest BCUT2D eigenvalue weighted by atomic mass is 35.5. The van der Waals surface area contributed by atoms with Gasteiger partial charge in [0.2, 0.25) is 11.8 Å². The summed E-state index contributed by atoms with van der Waals surface area (Å²) in [5, 5.41) is -0.669. The van der Waals surface area contributed by atoms with E-state index >= 15 is 0 Å². The summed E-state index contributed by atoms with van der Waals surface area (Å²) in [4.78, 5) is 5.80. The molecule has 1 radical (unpaired) electrons. The van der Waals surface area contributed by atoms with Crippen molar-refractivity contribution < 1.29 is 8.78 Å². The molecule has 10 heavy (non-hydrogen) atoms. The van der Waals surface area contributed by atoms with Crippen molar-refractivity contribution in [1.29, 1.82) is 0 Å². The van der Waals surface area contributed by atoms with Crippen LogP contribution in [0.3, 0.4) is 0 Å². The normalized spacial score (nSPS) is 9.90. The molecule has 0 aliphatic heterocycles. The molecule has 3 nitrogen and oxygen atoms in total. The molecule has 0 aliphatic rings. The fraction of sp³-hybridized carbons (Fsp3) is 0. The Balaban J connectivity index is 3.31. The standard InChI is InChI=1S/C4HClF2N3/c5-2-1(6)3(7)10-4(8)9-2/h8H.